The zero-order valence-corrected chi connectivity index (χ0v) is 20.5. The lowest BCUT2D eigenvalue weighted by Gasteiger charge is -2.61. The molecular weight excluding hydrogens is 424 g/mol. The highest BCUT2D eigenvalue weighted by Gasteiger charge is 2.68. The Morgan fingerprint density at radius 3 is 2.32 bits per heavy atom. The standard InChI is InChI=1S/C30H36O4/c1-18-12-13-26-19(2)28(32-27-16-29(3)15-14-25(18)30(26,27)34-33-29)31-17-24-22-10-6-4-8-20(22)21-9-5-7-11-23(21)24/h4-11,18-19,24-28H,12-17H2,1-3H3/t18-,19-,25+,26+,27-,28+,29+,30-/m1/s1. The van der Waals surface area contributed by atoms with E-state index in [0.29, 0.717) is 24.4 Å². The van der Waals surface area contributed by atoms with Crippen molar-refractivity contribution in [3.63, 3.8) is 0 Å². The van der Waals surface area contributed by atoms with Gasteiger partial charge in [0.1, 0.15) is 11.2 Å². The molecule has 0 unspecified atom stereocenters. The Bertz CT molecular complexity index is 1050. The molecule has 4 nitrogen and oxygen atoms in total. The van der Waals surface area contributed by atoms with Gasteiger partial charge < -0.3 is 9.47 Å². The number of benzene rings is 2. The molecule has 3 aliphatic carbocycles. The van der Waals surface area contributed by atoms with Crippen LogP contribution >= 0.6 is 0 Å². The van der Waals surface area contributed by atoms with Crippen LogP contribution in [0, 0.1) is 23.7 Å². The van der Waals surface area contributed by atoms with Crippen LogP contribution in [-0.4, -0.2) is 30.2 Å². The second kappa shape index (κ2) is 7.64. The Kier molecular flexibility index (Phi) is 4.84. The molecule has 0 amide bonds. The average Bonchev–Trinajstić information content (AvgIpc) is 2.98. The van der Waals surface area contributed by atoms with Crippen molar-refractivity contribution in [1.29, 1.82) is 0 Å². The van der Waals surface area contributed by atoms with E-state index in [1.807, 2.05) is 0 Å². The van der Waals surface area contributed by atoms with Crippen LogP contribution in [0.25, 0.3) is 11.1 Å². The van der Waals surface area contributed by atoms with E-state index in [9.17, 15) is 0 Å². The normalized spacial score (nSPS) is 42.6. The summed E-state index contributed by atoms with van der Waals surface area (Å²) in [6.07, 6.45) is 5.36. The third-order valence-corrected chi connectivity index (χ3v) is 10.0. The lowest BCUT2D eigenvalue weighted by molar-refractivity contribution is -0.495. The van der Waals surface area contributed by atoms with E-state index in [1.54, 1.807) is 0 Å². The molecule has 34 heavy (non-hydrogen) atoms. The van der Waals surface area contributed by atoms with Gasteiger partial charge in [-0.2, -0.15) is 0 Å². The maximum absolute atomic E-state index is 6.87. The quantitative estimate of drug-likeness (QED) is 0.491. The molecule has 0 radical (unpaired) electrons. The van der Waals surface area contributed by atoms with Crippen LogP contribution in [0.15, 0.2) is 48.5 Å². The highest BCUT2D eigenvalue weighted by molar-refractivity contribution is 5.78. The molecule has 8 rings (SSSR count). The maximum atomic E-state index is 6.87. The zero-order valence-electron chi connectivity index (χ0n) is 20.5. The smallest absolute Gasteiger partial charge is 0.161 e. The summed E-state index contributed by atoms with van der Waals surface area (Å²) in [5.74, 6) is 2.06. The monoisotopic (exact) mass is 460 g/mol. The van der Waals surface area contributed by atoms with Gasteiger partial charge in [-0.15, -0.1) is 0 Å². The molecule has 0 N–H and O–H groups in total. The average molecular weight is 461 g/mol. The molecule has 2 bridgehead atoms. The van der Waals surface area contributed by atoms with Crippen molar-refractivity contribution in [3.05, 3.63) is 59.7 Å². The summed E-state index contributed by atoms with van der Waals surface area (Å²) >= 11 is 0. The Hall–Kier alpha value is -1.72. The van der Waals surface area contributed by atoms with E-state index in [4.69, 9.17) is 19.2 Å². The van der Waals surface area contributed by atoms with Crippen LogP contribution in [0.1, 0.15) is 69.9 Å². The van der Waals surface area contributed by atoms with Gasteiger partial charge in [0.25, 0.3) is 0 Å². The van der Waals surface area contributed by atoms with Crippen molar-refractivity contribution >= 4 is 0 Å². The zero-order chi connectivity index (χ0) is 23.1. The topological polar surface area (TPSA) is 36.9 Å². The minimum Gasteiger partial charge on any atom is -0.351 e. The lowest BCUT2D eigenvalue weighted by Crippen LogP contribution is -2.69. The minimum atomic E-state index is -0.320. The molecule has 2 aromatic carbocycles. The van der Waals surface area contributed by atoms with E-state index in [-0.39, 0.29) is 35.4 Å². The molecule has 8 atom stereocenters. The summed E-state index contributed by atoms with van der Waals surface area (Å²) in [4.78, 5) is 12.6. The Balaban J connectivity index is 1.18. The molecule has 1 spiro atoms. The molecule has 3 heterocycles. The van der Waals surface area contributed by atoms with Crippen LogP contribution in [0.3, 0.4) is 0 Å². The Morgan fingerprint density at radius 1 is 0.882 bits per heavy atom. The second-order valence-corrected chi connectivity index (χ2v) is 11.9. The fourth-order valence-corrected chi connectivity index (χ4v) is 8.24. The van der Waals surface area contributed by atoms with Gasteiger partial charge in [0.15, 0.2) is 6.29 Å². The van der Waals surface area contributed by atoms with Gasteiger partial charge in [-0.25, -0.2) is 9.78 Å². The van der Waals surface area contributed by atoms with E-state index in [0.717, 1.165) is 19.3 Å². The number of hydrogen-bond donors (Lipinski definition) is 0. The first-order valence-corrected chi connectivity index (χ1v) is 13.3. The summed E-state index contributed by atoms with van der Waals surface area (Å²) in [7, 11) is 0. The van der Waals surface area contributed by atoms with Gasteiger partial charge in [0.2, 0.25) is 0 Å². The van der Waals surface area contributed by atoms with Crippen molar-refractivity contribution in [2.75, 3.05) is 6.61 Å². The van der Waals surface area contributed by atoms with Gasteiger partial charge in [-0.3, -0.25) is 0 Å². The van der Waals surface area contributed by atoms with Gasteiger partial charge in [-0.05, 0) is 66.7 Å². The van der Waals surface area contributed by atoms with Crippen LogP contribution in [-0.2, 0) is 19.2 Å². The summed E-state index contributed by atoms with van der Waals surface area (Å²) in [5, 5.41) is 0. The van der Waals surface area contributed by atoms with Crippen molar-refractivity contribution in [2.45, 2.75) is 82.4 Å². The first kappa shape index (κ1) is 21.6. The van der Waals surface area contributed by atoms with Crippen LogP contribution in [0.2, 0.25) is 0 Å². The van der Waals surface area contributed by atoms with Crippen molar-refractivity contribution in [2.24, 2.45) is 23.7 Å². The third-order valence-electron chi connectivity index (χ3n) is 10.0. The SMILES string of the molecule is C[C@H]1[C@@H](OCC2c3ccccc3-c3ccccc32)O[C@@H]2C[C@]3(C)CC[C@H]4[C@H](C)CC[C@@H]1[C@@]24OO3. The minimum absolute atomic E-state index is 0.0378. The van der Waals surface area contributed by atoms with Gasteiger partial charge in [0.05, 0.1) is 12.7 Å². The highest BCUT2D eigenvalue weighted by Crippen LogP contribution is 2.61. The predicted molar refractivity (Wildman–Crippen MR) is 130 cm³/mol. The summed E-state index contributed by atoms with van der Waals surface area (Å²) in [6.45, 7) is 7.55. The fraction of sp³-hybridized carbons (Fsp3) is 0.600. The first-order valence-electron chi connectivity index (χ1n) is 13.3. The molecule has 180 valence electrons. The number of ether oxygens (including phenoxy) is 2. The van der Waals surface area contributed by atoms with Crippen molar-refractivity contribution in [1.82, 2.24) is 0 Å². The number of rotatable bonds is 3. The van der Waals surface area contributed by atoms with E-state index in [2.05, 4.69) is 69.3 Å². The van der Waals surface area contributed by atoms with Gasteiger partial charge >= 0.3 is 0 Å². The second-order valence-electron chi connectivity index (χ2n) is 11.9. The third kappa shape index (κ3) is 2.92. The predicted octanol–water partition coefficient (Wildman–Crippen LogP) is 6.48. The molecule has 0 aromatic heterocycles. The lowest BCUT2D eigenvalue weighted by atomic mass is 9.56. The Morgan fingerprint density at radius 2 is 1.59 bits per heavy atom. The van der Waals surface area contributed by atoms with Gasteiger partial charge in [-0.1, -0.05) is 62.4 Å². The molecule has 2 aromatic rings. The molecule has 3 aliphatic heterocycles. The van der Waals surface area contributed by atoms with E-state index >= 15 is 0 Å². The van der Waals surface area contributed by atoms with Crippen LogP contribution in [0.4, 0.5) is 0 Å². The number of fused-ring (bicyclic) bond motifs is 5. The van der Waals surface area contributed by atoms with Crippen LogP contribution in [0.5, 0.6) is 0 Å². The molecule has 6 aliphatic rings. The molecule has 4 heteroatoms. The highest BCUT2D eigenvalue weighted by atomic mass is 17.2. The Labute approximate surface area is 202 Å². The van der Waals surface area contributed by atoms with E-state index in [1.165, 1.54) is 35.1 Å². The summed E-state index contributed by atoms with van der Waals surface area (Å²) in [6, 6.07) is 17.5. The number of hydrogen-bond acceptors (Lipinski definition) is 4. The van der Waals surface area contributed by atoms with E-state index < -0.39 is 0 Å². The van der Waals surface area contributed by atoms with Crippen LogP contribution < -0.4 is 0 Å². The maximum Gasteiger partial charge on any atom is 0.161 e. The molecule has 2 saturated carbocycles. The molecule has 5 fully saturated rings. The van der Waals surface area contributed by atoms with Crippen molar-refractivity contribution in [3.8, 4) is 11.1 Å². The first-order chi connectivity index (χ1) is 16.5. The fourth-order valence-electron chi connectivity index (χ4n) is 8.24. The molecule has 3 saturated heterocycles. The molecular formula is C30H36O4. The summed E-state index contributed by atoms with van der Waals surface area (Å²) < 4.78 is 13.6. The van der Waals surface area contributed by atoms with Gasteiger partial charge in [0, 0.05) is 24.2 Å². The van der Waals surface area contributed by atoms with Crippen molar-refractivity contribution < 1.29 is 19.2 Å². The largest absolute Gasteiger partial charge is 0.351 e. The summed E-state index contributed by atoms with van der Waals surface area (Å²) in [5.41, 5.74) is 4.84.